The van der Waals surface area contributed by atoms with Crippen LogP contribution >= 0.6 is 0 Å². The number of benzene rings is 3. The van der Waals surface area contributed by atoms with Gasteiger partial charge in [0.2, 0.25) is 5.89 Å². The molecule has 0 amide bonds. The first kappa shape index (κ1) is 22.4. The van der Waals surface area contributed by atoms with Gasteiger partial charge in [-0.25, -0.2) is 14.6 Å². The monoisotopic (exact) mass is 459 g/mol. The summed E-state index contributed by atoms with van der Waals surface area (Å²) in [7, 11) is 0. The lowest BCUT2D eigenvalue weighted by Gasteiger charge is -2.11. The number of hydrogen-bond donors (Lipinski definition) is 0. The van der Waals surface area contributed by atoms with Gasteiger partial charge >= 0.3 is 23.5 Å². The molecule has 4 aromatic rings. The molecule has 0 atom stereocenters. The van der Waals surface area contributed by atoms with E-state index in [0.717, 1.165) is 0 Å². The minimum absolute atomic E-state index is 0.0121. The van der Waals surface area contributed by atoms with Crippen molar-refractivity contribution in [2.75, 3.05) is 0 Å². The van der Waals surface area contributed by atoms with E-state index in [1.54, 1.807) is 30.3 Å². The van der Waals surface area contributed by atoms with E-state index in [2.05, 4.69) is 4.98 Å². The van der Waals surface area contributed by atoms with Gasteiger partial charge < -0.3 is 18.6 Å². The zero-order valence-electron chi connectivity index (χ0n) is 18.1. The topological polar surface area (TPSA) is 122 Å². The minimum atomic E-state index is -0.818. The molecule has 34 heavy (non-hydrogen) atoms. The van der Waals surface area contributed by atoms with Crippen LogP contribution in [-0.4, -0.2) is 22.9 Å². The summed E-state index contributed by atoms with van der Waals surface area (Å²) in [4.78, 5) is 52.7. The number of rotatable bonds is 5. The molecule has 0 saturated heterocycles. The van der Waals surface area contributed by atoms with Gasteiger partial charge in [-0.1, -0.05) is 30.3 Å². The van der Waals surface area contributed by atoms with Gasteiger partial charge in [0.1, 0.15) is 22.6 Å². The maximum atomic E-state index is 12.9. The number of hydrogen-bond acceptors (Lipinski definition) is 9. The number of carbonyl (C=O) groups is 3. The normalized spacial score (nSPS) is 10.5. The highest BCUT2D eigenvalue weighted by Crippen LogP contribution is 2.31. The summed E-state index contributed by atoms with van der Waals surface area (Å²) in [5.41, 5.74) is -0.392. The Kier molecular flexibility index (Phi) is 6.18. The van der Waals surface area contributed by atoms with Crippen molar-refractivity contribution in [2.24, 2.45) is 0 Å². The van der Waals surface area contributed by atoms with Crippen LogP contribution in [0.5, 0.6) is 17.2 Å². The second-order valence-electron chi connectivity index (χ2n) is 7.03. The molecule has 170 valence electrons. The fourth-order valence-electron chi connectivity index (χ4n) is 3.19. The van der Waals surface area contributed by atoms with Gasteiger partial charge in [-0.2, -0.15) is 0 Å². The summed E-state index contributed by atoms with van der Waals surface area (Å²) in [6, 6.07) is 16.9. The molecule has 4 rings (SSSR count). The number of ether oxygens (including phenoxy) is 3. The number of para-hydroxylation sites is 3. The van der Waals surface area contributed by atoms with Crippen molar-refractivity contribution < 1.29 is 33.0 Å². The summed E-state index contributed by atoms with van der Waals surface area (Å²) in [5.74, 6) is -1.94. The quantitative estimate of drug-likeness (QED) is 0.323. The second kappa shape index (κ2) is 9.37. The Bertz CT molecular complexity index is 1490. The molecule has 0 aliphatic carbocycles. The van der Waals surface area contributed by atoms with Crippen LogP contribution < -0.4 is 19.8 Å². The standard InChI is InChI=1S/C25H17NO8/c1-14(27)31-19-11-5-3-8-16(19)23-26-22-18(25(30)34-23)10-7-13-21(22)33-24(29)17-9-4-6-12-20(17)32-15(2)28/h3-13H,1-2H3. The SMILES string of the molecule is CC(=O)Oc1ccccc1C(=O)Oc1cccc2c(=O)oc(-c3ccccc3OC(C)=O)nc12. The molecule has 0 spiro atoms. The second-order valence-corrected chi connectivity index (χ2v) is 7.03. The van der Waals surface area contributed by atoms with Gasteiger partial charge in [-0.3, -0.25) is 9.59 Å². The third-order valence-corrected chi connectivity index (χ3v) is 4.56. The third-order valence-electron chi connectivity index (χ3n) is 4.56. The van der Waals surface area contributed by atoms with Gasteiger partial charge in [0.15, 0.2) is 5.75 Å². The number of nitrogens with zero attached hydrogens (tertiary/aromatic N) is 1. The highest BCUT2D eigenvalue weighted by Gasteiger charge is 2.20. The molecule has 3 aromatic carbocycles. The van der Waals surface area contributed by atoms with E-state index in [9.17, 15) is 19.2 Å². The van der Waals surface area contributed by atoms with E-state index in [1.165, 1.54) is 50.2 Å². The molecule has 0 bridgehead atoms. The first-order chi connectivity index (χ1) is 16.3. The van der Waals surface area contributed by atoms with Gasteiger partial charge in [0.05, 0.1) is 10.9 Å². The van der Waals surface area contributed by atoms with Crippen molar-refractivity contribution in [2.45, 2.75) is 13.8 Å². The van der Waals surface area contributed by atoms with Crippen molar-refractivity contribution in [3.8, 4) is 28.7 Å². The fraction of sp³-hybridized carbons (Fsp3) is 0.0800. The number of aromatic nitrogens is 1. The first-order valence-corrected chi connectivity index (χ1v) is 10.0. The summed E-state index contributed by atoms with van der Waals surface area (Å²) in [6.07, 6.45) is 0. The lowest BCUT2D eigenvalue weighted by atomic mass is 10.1. The average Bonchev–Trinajstić information content (AvgIpc) is 2.79. The molecule has 0 unspecified atom stereocenters. The molecule has 0 aliphatic rings. The van der Waals surface area contributed by atoms with Crippen molar-refractivity contribution in [3.63, 3.8) is 0 Å². The van der Waals surface area contributed by atoms with E-state index < -0.39 is 23.5 Å². The predicted molar refractivity (Wildman–Crippen MR) is 120 cm³/mol. The first-order valence-electron chi connectivity index (χ1n) is 10.0. The third kappa shape index (κ3) is 4.68. The number of esters is 3. The maximum Gasteiger partial charge on any atom is 0.347 e. The Morgan fingerprint density at radius 2 is 1.35 bits per heavy atom. The molecule has 9 nitrogen and oxygen atoms in total. The van der Waals surface area contributed by atoms with Crippen LogP contribution in [0.4, 0.5) is 0 Å². The van der Waals surface area contributed by atoms with Gasteiger partial charge in [-0.05, 0) is 36.4 Å². The van der Waals surface area contributed by atoms with E-state index >= 15 is 0 Å². The van der Waals surface area contributed by atoms with E-state index in [-0.39, 0.29) is 45.2 Å². The molecule has 9 heteroatoms. The smallest absolute Gasteiger partial charge is 0.347 e. The van der Waals surface area contributed by atoms with Crippen molar-refractivity contribution in [1.29, 1.82) is 0 Å². The number of fused-ring (bicyclic) bond motifs is 1. The van der Waals surface area contributed by atoms with Crippen LogP contribution in [0.2, 0.25) is 0 Å². The van der Waals surface area contributed by atoms with Gasteiger partial charge in [0, 0.05) is 13.8 Å². The van der Waals surface area contributed by atoms with Gasteiger partial charge in [0.25, 0.3) is 0 Å². The largest absolute Gasteiger partial charge is 0.426 e. The molecule has 0 radical (unpaired) electrons. The fourth-order valence-corrected chi connectivity index (χ4v) is 3.19. The van der Waals surface area contributed by atoms with Gasteiger partial charge in [-0.15, -0.1) is 0 Å². The number of carbonyl (C=O) groups excluding carboxylic acids is 3. The van der Waals surface area contributed by atoms with Crippen LogP contribution in [0.1, 0.15) is 24.2 Å². The Hall–Kier alpha value is -4.79. The molecule has 1 heterocycles. The lowest BCUT2D eigenvalue weighted by Crippen LogP contribution is -2.13. The molecule has 0 aliphatic heterocycles. The molecule has 0 fully saturated rings. The molecule has 1 aromatic heterocycles. The van der Waals surface area contributed by atoms with Crippen LogP contribution in [-0.2, 0) is 9.59 Å². The van der Waals surface area contributed by atoms with Crippen molar-refractivity contribution in [3.05, 3.63) is 82.7 Å². The van der Waals surface area contributed by atoms with E-state index in [4.69, 9.17) is 18.6 Å². The Morgan fingerprint density at radius 3 is 2.09 bits per heavy atom. The zero-order chi connectivity index (χ0) is 24.2. The lowest BCUT2D eigenvalue weighted by molar-refractivity contribution is -0.132. The highest BCUT2D eigenvalue weighted by molar-refractivity contribution is 5.97. The Labute approximate surface area is 192 Å². The Balaban J connectivity index is 1.79. The maximum absolute atomic E-state index is 12.9. The highest BCUT2D eigenvalue weighted by atomic mass is 16.6. The summed E-state index contributed by atoms with van der Waals surface area (Å²) >= 11 is 0. The van der Waals surface area contributed by atoms with Crippen molar-refractivity contribution >= 4 is 28.8 Å². The predicted octanol–water partition coefficient (Wildman–Crippen LogP) is 3.92. The van der Waals surface area contributed by atoms with Crippen LogP contribution in [0.25, 0.3) is 22.4 Å². The van der Waals surface area contributed by atoms with E-state index in [1.807, 2.05) is 0 Å². The molecular formula is C25H17NO8. The summed E-state index contributed by atoms with van der Waals surface area (Å²) in [5, 5.41) is 0.0762. The van der Waals surface area contributed by atoms with Crippen LogP contribution in [0.3, 0.4) is 0 Å². The van der Waals surface area contributed by atoms with Crippen LogP contribution in [0.15, 0.2) is 75.9 Å². The average molecular weight is 459 g/mol. The minimum Gasteiger partial charge on any atom is -0.426 e. The zero-order valence-corrected chi connectivity index (χ0v) is 18.1. The molecule has 0 saturated carbocycles. The molecular weight excluding hydrogens is 442 g/mol. The van der Waals surface area contributed by atoms with Crippen molar-refractivity contribution in [1.82, 2.24) is 4.98 Å². The molecule has 0 N–H and O–H groups in total. The van der Waals surface area contributed by atoms with E-state index in [0.29, 0.717) is 0 Å². The Morgan fingerprint density at radius 1 is 0.735 bits per heavy atom. The van der Waals surface area contributed by atoms with Crippen LogP contribution in [0, 0.1) is 0 Å². The summed E-state index contributed by atoms with van der Waals surface area (Å²) < 4.78 is 21.1. The summed E-state index contributed by atoms with van der Waals surface area (Å²) in [6.45, 7) is 2.46.